The standard InChI is InChI=1S/C8H14O/c1-3-5-8(2)6-4-7-9/h3,7-8H,1,4-6H2,2H3/t8-/m1/s1. The fourth-order valence-electron chi connectivity index (χ4n) is 0.755. The zero-order valence-electron chi connectivity index (χ0n) is 5.97. The van der Waals surface area contributed by atoms with E-state index in [9.17, 15) is 4.79 Å². The maximum Gasteiger partial charge on any atom is 0.120 e. The first-order valence-electron chi connectivity index (χ1n) is 3.35. The van der Waals surface area contributed by atoms with Crippen molar-refractivity contribution in [3.05, 3.63) is 12.7 Å². The molecule has 1 atom stereocenters. The van der Waals surface area contributed by atoms with E-state index in [4.69, 9.17) is 0 Å². The lowest BCUT2D eigenvalue weighted by molar-refractivity contribution is -0.108. The van der Waals surface area contributed by atoms with Crippen LogP contribution in [0.15, 0.2) is 12.7 Å². The van der Waals surface area contributed by atoms with Crippen LogP contribution < -0.4 is 0 Å². The summed E-state index contributed by atoms with van der Waals surface area (Å²) in [5.41, 5.74) is 0. The fraction of sp³-hybridized carbons (Fsp3) is 0.625. The van der Waals surface area contributed by atoms with Gasteiger partial charge in [-0.15, -0.1) is 6.58 Å². The molecule has 0 aliphatic carbocycles. The second kappa shape index (κ2) is 5.54. The Kier molecular flexibility index (Phi) is 5.18. The van der Waals surface area contributed by atoms with Crippen molar-refractivity contribution >= 4 is 6.29 Å². The van der Waals surface area contributed by atoms with Crippen molar-refractivity contribution < 1.29 is 4.79 Å². The maximum absolute atomic E-state index is 9.89. The van der Waals surface area contributed by atoms with Crippen molar-refractivity contribution in [3.8, 4) is 0 Å². The van der Waals surface area contributed by atoms with Gasteiger partial charge in [-0.1, -0.05) is 13.0 Å². The van der Waals surface area contributed by atoms with Crippen molar-refractivity contribution in [1.82, 2.24) is 0 Å². The molecule has 52 valence electrons. The number of rotatable bonds is 5. The third-order valence-corrected chi connectivity index (χ3v) is 1.35. The maximum atomic E-state index is 9.89. The molecule has 9 heavy (non-hydrogen) atoms. The monoisotopic (exact) mass is 126 g/mol. The van der Waals surface area contributed by atoms with Gasteiger partial charge in [0.15, 0.2) is 0 Å². The van der Waals surface area contributed by atoms with Gasteiger partial charge in [-0.05, 0) is 18.8 Å². The molecule has 0 saturated carbocycles. The Hall–Kier alpha value is -0.590. The third-order valence-electron chi connectivity index (χ3n) is 1.35. The Morgan fingerprint density at radius 1 is 1.67 bits per heavy atom. The summed E-state index contributed by atoms with van der Waals surface area (Å²) < 4.78 is 0. The first-order valence-corrected chi connectivity index (χ1v) is 3.35. The van der Waals surface area contributed by atoms with Crippen LogP contribution in [0.25, 0.3) is 0 Å². The summed E-state index contributed by atoms with van der Waals surface area (Å²) in [4.78, 5) is 9.89. The topological polar surface area (TPSA) is 17.1 Å². The number of hydrogen-bond donors (Lipinski definition) is 0. The van der Waals surface area contributed by atoms with Crippen molar-refractivity contribution in [2.24, 2.45) is 5.92 Å². The quantitative estimate of drug-likeness (QED) is 0.407. The minimum atomic E-state index is 0.618. The number of allylic oxidation sites excluding steroid dienone is 1. The third kappa shape index (κ3) is 5.28. The zero-order valence-corrected chi connectivity index (χ0v) is 5.97. The van der Waals surface area contributed by atoms with Gasteiger partial charge < -0.3 is 4.79 Å². The lowest BCUT2D eigenvalue weighted by Crippen LogP contribution is -1.91. The highest BCUT2D eigenvalue weighted by atomic mass is 16.1. The van der Waals surface area contributed by atoms with Gasteiger partial charge in [-0.25, -0.2) is 0 Å². The average Bonchev–Trinajstić information content (AvgIpc) is 1.85. The van der Waals surface area contributed by atoms with Crippen LogP contribution in [0, 0.1) is 5.92 Å². The molecule has 0 aromatic carbocycles. The molecular weight excluding hydrogens is 112 g/mol. The minimum Gasteiger partial charge on any atom is -0.303 e. The largest absolute Gasteiger partial charge is 0.303 e. The molecule has 0 saturated heterocycles. The van der Waals surface area contributed by atoms with E-state index in [1.54, 1.807) is 0 Å². The van der Waals surface area contributed by atoms with E-state index in [2.05, 4.69) is 13.5 Å². The van der Waals surface area contributed by atoms with Gasteiger partial charge in [0.2, 0.25) is 0 Å². The van der Waals surface area contributed by atoms with Crippen molar-refractivity contribution in [2.45, 2.75) is 26.2 Å². The molecule has 0 aromatic rings. The highest BCUT2D eigenvalue weighted by molar-refractivity contribution is 5.49. The SMILES string of the molecule is C=CC[C@@H](C)CCC=O. The average molecular weight is 126 g/mol. The number of hydrogen-bond acceptors (Lipinski definition) is 1. The van der Waals surface area contributed by atoms with Crippen LogP contribution in [0.4, 0.5) is 0 Å². The normalized spacial score (nSPS) is 12.6. The molecule has 0 heterocycles. The van der Waals surface area contributed by atoms with Crippen LogP contribution in [-0.4, -0.2) is 6.29 Å². The molecule has 0 rings (SSSR count). The predicted octanol–water partition coefficient (Wildman–Crippen LogP) is 2.18. The van der Waals surface area contributed by atoms with E-state index < -0.39 is 0 Å². The van der Waals surface area contributed by atoms with Crippen molar-refractivity contribution in [2.75, 3.05) is 0 Å². The molecule has 0 radical (unpaired) electrons. The summed E-state index contributed by atoms with van der Waals surface area (Å²) in [5, 5.41) is 0. The van der Waals surface area contributed by atoms with Gasteiger partial charge in [0.1, 0.15) is 6.29 Å². The lowest BCUT2D eigenvalue weighted by atomic mass is 10.0. The number of carbonyl (C=O) groups is 1. The van der Waals surface area contributed by atoms with E-state index in [0.717, 1.165) is 19.1 Å². The summed E-state index contributed by atoms with van der Waals surface area (Å²) in [6.07, 6.45) is 5.58. The summed E-state index contributed by atoms with van der Waals surface area (Å²) in [6.45, 7) is 5.75. The van der Waals surface area contributed by atoms with E-state index >= 15 is 0 Å². The van der Waals surface area contributed by atoms with Crippen LogP contribution in [-0.2, 0) is 4.79 Å². The fourth-order valence-corrected chi connectivity index (χ4v) is 0.755. The Morgan fingerprint density at radius 3 is 2.78 bits per heavy atom. The highest BCUT2D eigenvalue weighted by Gasteiger charge is 1.96. The second-order valence-corrected chi connectivity index (χ2v) is 2.37. The van der Waals surface area contributed by atoms with E-state index in [0.29, 0.717) is 12.3 Å². The molecule has 0 bridgehead atoms. The smallest absolute Gasteiger partial charge is 0.120 e. The highest BCUT2D eigenvalue weighted by Crippen LogP contribution is 2.08. The summed E-state index contributed by atoms with van der Waals surface area (Å²) in [6, 6.07) is 0. The molecule has 1 nitrogen and oxygen atoms in total. The van der Waals surface area contributed by atoms with Gasteiger partial charge in [-0.2, -0.15) is 0 Å². The molecule has 0 amide bonds. The van der Waals surface area contributed by atoms with Gasteiger partial charge in [0.05, 0.1) is 0 Å². The van der Waals surface area contributed by atoms with E-state index in [1.165, 1.54) is 0 Å². The summed E-state index contributed by atoms with van der Waals surface area (Å²) >= 11 is 0. The van der Waals surface area contributed by atoms with E-state index in [1.807, 2.05) is 6.08 Å². The summed E-state index contributed by atoms with van der Waals surface area (Å²) in [7, 11) is 0. The molecule has 0 spiro atoms. The first kappa shape index (κ1) is 8.41. The number of aldehydes is 1. The van der Waals surface area contributed by atoms with Crippen LogP contribution in [0.2, 0.25) is 0 Å². The molecule has 0 fully saturated rings. The predicted molar refractivity (Wildman–Crippen MR) is 39.3 cm³/mol. The van der Waals surface area contributed by atoms with Crippen LogP contribution in [0.1, 0.15) is 26.2 Å². The van der Waals surface area contributed by atoms with Crippen LogP contribution in [0.5, 0.6) is 0 Å². The van der Waals surface area contributed by atoms with E-state index in [-0.39, 0.29) is 0 Å². The van der Waals surface area contributed by atoms with Crippen LogP contribution in [0.3, 0.4) is 0 Å². The molecule has 0 N–H and O–H groups in total. The molecule has 0 unspecified atom stereocenters. The minimum absolute atomic E-state index is 0.618. The van der Waals surface area contributed by atoms with Crippen molar-refractivity contribution in [1.29, 1.82) is 0 Å². The Balaban J connectivity index is 3.14. The van der Waals surface area contributed by atoms with Gasteiger partial charge in [0, 0.05) is 6.42 Å². The van der Waals surface area contributed by atoms with Gasteiger partial charge in [-0.3, -0.25) is 0 Å². The Labute approximate surface area is 56.8 Å². The van der Waals surface area contributed by atoms with Crippen LogP contribution >= 0.6 is 0 Å². The van der Waals surface area contributed by atoms with Gasteiger partial charge >= 0.3 is 0 Å². The number of carbonyl (C=O) groups excluding carboxylic acids is 1. The Bertz CT molecular complexity index is 86.6. The first-order chi connectivity index (χ1) is 4.31. The van der Waals surface area contributed by atoms with Crippen molar-refractivity contribution in [3.63, 3.8) is 0 Å². The molecule has 0 aliphatic rings. The molecule has 1 heteroatoms. The zero-order chi connectivity index (χ0) is 7.11. The van der Waals surface area contributed by atoms with Gasteiger partial charge in [0.25, 0.3) is 0 Å². The lowest BCUT2D eigenvalue weighted by Gasteiger charge is -2.03. The molecular formula is C8H14O. The Morgan fingerprint density at radius 2 is 2.33 bits per heavy atom. The molecule has 0 aliphatic heterocycles. The summed E-state index contributed by atoms with van der Waals surface area (Å²) in [5.74, 6) is 0.618. The molecule has 0 aromatic heterocycles. The second-order valence-electron chi connectivity index (χ2n) is 2.37.